The van der Waals surface area contributed by atoms with E-state index in [1.165, 1.54) is 17.2 Å². The minimum Gasteiger partial charge on any atom is -0.507 e. The minimum absolute atomic E-state index is 0.229. The number of carbonyl (C=O) groups is 1. The van der Waals surface area contributed by atoms with E-state index in [1.54, 1.807) is 12.1 Å². The van der Waals surface area contributed by atoms with Crippen molar-refractivity contribution in [2.45, 2.75) is 4.90 Å². The summed E-state index contributed by atoms with van der Waals surface area (Å²) in [6, 6.07) is 10.8. The summed E-state index contributed by atoms with van der Waals surface area (Å²) in [6.45, 7) is 0. The topological polar surface area (TPSA) is 57.5 Å². The number of thioether (sulfide) groups is 1. The molecule has 0 unspecified atom stereocenters. The first kappa shape index (κ1) is 11.5. The number of hydrogen-bond acceptors (Lipinski definition) is 3. The zero-order valence-electron chi connectivity index (χ0n) is 8.83. The van der Waals surface area contributed by atoms with E-state index in [0.717, 1.165) is 21.7 Å². The monoisotopic (exact) mass is 246 g/mol. The van der Waals surface area contributed by atoms with Crippen LogP contribution in [0.15, 0.2) is 52.8 Å². The van der Waals surface area contributed by atoms with Crippen molar-refractivity contribution in [2.75, 3.05) is 0 Å². The Bertz CT molecular complexity index is 590. The van der Waals surface area contributed by atoms with Gasteiger partial charge in [0.25, 0.3) is 0 Å². The van der Waals surface area contributed by atoms with E-state index in [-0.39, 0.29) is 5.75 Å². The van der Waals surface area contributed by atoms with Gasteiger partial charge in [-0.1, -0.05) is 36.0 Å². The standard InChI is InChI=1S/C13H10O3S/c14-11-5-6-12(17-8-7-13(15)16)10-4-2-1-3-9(10)11/h1-8,14H,(H,15,16)/b8-7+. The highest BCUT2D eigenvalue weighted by Gasteiger charge is 2.03. The molecule has 0 aliphatic carbocycles. The number of carboxylic acids is 1. The van der Waals surface area contributed by atoms with Crippen molar-refractivity contribution in [2.24, 2.45) is 0 Å². The maximum atomic E-state index is 10.4. The molecule has 0 amide bonds. The van der Waals surface area contributed by atoms with Crippen LogP contribution in [0.1, 0.15) is 0 Å². The molecule has 0 aliphatic heterocycles. The second kappa shape index (κ2) is 4.93. The average Bonchev–Trinajstić information content (AvgIpc) is 2.32. The Kier molecular flexibility index (Phi) is 3.35. The maximum Gasteiger partial charge on any atom is 0.328 e. The van der Waals surface area contributed by atoms with Gasteiger partial charge in [0.1, 0.15) is 5.75 Å². The van der Waals surface area contributed by atoms with E-state index in [0.29, 0.717) is 0 Å². The van der Waals surface area contributed by atoms with Gasteiger partial charge in [-0.3, -0.25) is 0 Å². The summed E-state index contributed by atoms with van der Waals surface area (Å²) in [4.78, 5) is 11.3. The lowest BCUT2D eigenvalue weighted by Crippen LogP contribution is -1.84. The van der Waals surface area contributed by atoms with Crippen LogP contribution in [0.5, 0.6) is 5.75 Å². The SMILES string of the molecule is O=C(O)/C=C/Sc1ccc(O)c2ccccc12. The van der Waals surface area contributed by atoms with E-state index >= 15 is 0 Å². The third kappa shape index (κ3) is 2.60. The van der Waals surface area contributed by atoms with Crippen LogP contribution in [0, 0.1) is 0 Å². The molecule has 0 aromatic heterocycles. The van der Waals surface area contributed by atoms with Gasteiger partial charge in [0, 0.05) is 16.4 Å². The second-order valence-electron chi connectivity index (χ2n) is 3.39. The van der Waals surface area contributed by atoms with Crippen LogP contribution in [-0.4, -0.2) is 16.2 Å². The molecule has 0 fully saturated rings. The van der Waals surface area contributed by atoms with Crippen molar-refractivity contribution in [3.8, 4) is 5.75 Å². The zero-order valence-corrected chi connectivity index (χ0v) is 9.65. The summed E-state index contributed by atoms with van der Waals surface area (Å²) in [5.41, 5.74) is 0. The smallest absolute Gasteiger partial charge is 0.328 e. The predicted octanol–water partition coefficient (Wildman–Crippen LogP) is 3.24. The zero-order chi connectivity index (χ0) is 12.3. The Morgan fingerprint density at radius 1 is 1.12 bits per heavy atom. The molecule has 0 radical (unpaired) electrons. The van der Waals surface area contributed by atoms with E-state index in [4.69, 9.17) is 5.11 Å². The quantitative estimate of drug-likeness (QED) is 0.644. The number of phenols is 1. The molecule has 0 atom stereocenters. The molecule has 2 N–H and O–H groups in total. The molecule has 0 bridgehead atoms. The normalized spacial score (nSPS) is 11.1. The van der Waals surface area contributed by atoms with Gasteiger partial charge in [0.15, 0.2) is 0 Å². The van der Waals surface area contributed by atoms with E-state index in [9.17, 15) is 9.90 Å². The Morgan fingerprint density at radius 3 is 2.53 bits per heavy atom. The van der Waals surface area contributed by atoms with Crippen molar-refractivity contribution < 1.29 is 15.0 Å². The summed E-state index contributed by atoms with van der Waals surface area (Å²) in [7, 11) is 0. The second-order valence-corrected chi connectivity index (χ2v) is 4.33. The van der Waals surface area contributed by atoms with Crippen LogP contribution < -0.4 is 0 Å². The molecule has 17 heavy (non-hydrogen) atoms. The highest BCUT2D eigenvalue weighted by atomic mass is 32.2. The Hall–Kier alpha value is -1.94. The van der Waals surface area contributed by atoms with Gasteiger partial charge in [0.2, 0.25) is 0 Å². The fraction of sp³-hybridized carbons (Fsp3) is 0. The molecule has 4 heteroatoms. The summed E-state index contributed by atoms with van der Waals surface area (Å²) in [6.07, 6.45) is 1.09. The van der Waals surface area contributed by atoms with Gasteiger partial charge in [0.05, 0.1) is 0 Å². The number of hydrogen-bond donors (Lipinski definition) is 2. The van der Waals surface area contributed by atoms with Crippen molar-refractivity contribution in [3.05, 3.63) is 47.9 Å². The Labute approximate surface area is 102 Å². The largest absolute Gasteiger partial charge is 0.507 e. The first-order valence-electron chi connectivity index (χ1n) is 4.95. The average molecular weight is 246 g/mol. The molecule has 0 spiro atoms. The van der Waals surface area contributed by atoms with Crippen LogP contribution in [-0.2, 0) is 4.79 Å². The van der Waals surface area contributed by atoms with Gasteiger partial charge < -0.3 is 10.2 Å². The third-order valence-corrected chi connectivity index (χ3v) is 3.15. The number of aromatic hydroxyl groups is 1. The molecule has 0 saturated heterocycles. The molecule has 0 saturated carbocycles. The molecule has 86 valence electrons. The highest BCUT2D eigenvalue weighted by Crippen LogP contribution is 2.33. The van der Waals surface area contributed by atoms with Crippen LogP contribution in [0.3, 0.4) is 0 Å². The fourth-order valence-corrected chi connectivity index (χ4v) is 2.31. The fourth-order valence-electron chi connectivity index (χ4n) is 1.52. The number of rotatable bonds is 3. The Balaban J connectivity index is 2.41. The highest BCUT2D eigenvalue weighted by molar-refractivity contribution is 8.02. The van der Waals surface area contributed by atoms with Gasteiger partial charge in [-0.25, -0.2) is 4.79 Å². The number of carboxylic acid groups (broad SMARTS) is 1. The third-order valence-electron chi connectivity index (χ3n) is 2.27. The Morgan fingerprint density at radius 2 is 1.82 bits per heavy atom. The lowest BCUT2D eigenvalue weighted by Gasteiger charge is -2.05. The molecule has 2 rings (SSSR count). The van der Waals surface area contributed by atoms with Crippen molar-refractivity contribution in [1.82, 2.24) is 0 Å². The van der Waals surface area contributed by atoms with Gasteiger partial charge in [-0.05, 0) is 22.9 Å². The molecule has 0 heterocycles. The van der Waals surface area contributed by atoms with Crippen LogP contribution in [0.25, 0.3) is 10.8 Å². The van der Waals surface area contributed by atoms with E-state index in [2.05, 4.69) is 0 Å². The lowest BCUT2D eigenvalue weighted by atomic mass is 10.1. The van der Waals surface area contributed by atoms with Crippen molar-refractivity contribution in [1.29, 1.82) is 0 Å². The molecule has 3 nitrogen and oxygen atoms in total. The van der Waals surface area contributed by atoms with Crippen molar-refractivity contribution >= 4 is 28.5 Å². The van der Waals surface area contributed by atoms with Crippen LogP contribution >= 0.6 is 11.8 Å². The van der Waals surface area contributed by atoms with Gasteiger partial charge >= 0.3 is 5.97 Å². The van der Waals surface area contributed by atoms with E-state index < -0.39 is 5.97 Å². The first-order chi connectivity index (χ1) is 8.18. The molecule has 2 aromatic carbocycles. The van der Waals surface area contributed by atoms with E-state index in [1.807, 2.05) is 24.3 Å². The number of fused-ring (bicyclic) bond motifs is 1. The molecule has 2 aromatic rings. The summed E-state index contributed by atoms with van der Waals surface area (Å²) >= 11 is 1.31. The maximum absolute atomic E-state index is 10.4. The molecular formula is C13H10O3S. The minimum atomic E-state index is -0.972. The summed E-state index contributed by atoms with van der Waals surface area (Å²) in [5, 5.41) is 21.4. The van der Waals surface area contributed by atoms with Gasteiger partial charge in [-0.2, -0.15) is 0 Å². The van der Waals surface area contributed by atoms with Gasteiger partial charge in [-0.15, -0.1) is 0 Å². The van der Waals surface area contributed by atoms with Crippen LogP contribution in [0.4, 0.5) is 0 Å². The number of phenolic OH excluding ortho intramolecular Hbond substituents is 1. The molecule has 0 aliphatic rings. The molecular weight excluding hydrogens is 236 g/mol. The summed E-state index contributed by atoms with van der Waals surface area (Å²) in [5.74, 6) is -0.743. The van der Waals surface area contributed by atoms with Crippen molar-refractivity contribution in [3.63, 3.8) is 0 Å². The predicted molar refractivity (Wildman–Crippen MR) is 68.2 cm³/mol. The lowest BCUT2D eigenvalue weighted by molar-refractivity contribution is -0.131. The number of benzene rings is 2. The van der Waals surface area contributed by atoms with Crippen LogP contribution in [0.2, 0.25) is 0 Å². The number of aliphatic carboxylic acids is 1. The first-order valence-corrected chi connectivity index (χ1v) is 5.83. The summed E-state index contributed by atoms with van der Waals surface area (Å²) < 4.78 is 0.